The molecule has 0 bridgehead atoms. The molecule has 1 unspecified atom stereocenters. The van der Waals surface area contributed by atoms with Crippen LogP contribution in [0.1, 0.15) is 55.0 Å². The number of hydrogen-bond acceptors (Lipinski definition) is 6. The van der Waals surface area contributed by atoms with Crippen LogP contribution in [-0.4, -0.2) is 38.0 Å². The molecule has 3 aromatic heterocycles. The molecule has 7 heteroatoms. The van der Waals surface area contributed by atoms with E-state index in [1.165, 1.54) is 18.5 Å². The molecule has 1 saturated carbocycles. The van der Waals surface area contributed by atoms with Crippen molar-refractivity contribution < 1.29 is 0 Å². The molecule has 1 spiro atoms. The Kier molecular flexibility index (Phi) is 3.97. The third kappa shape index (κ3) is 2.91. The molecule has 1 saturated heterocycles. The van der Waals surface area contributed by atoms with Gasteiger partial charge in [0.25, 0.3) is 5.56 Å². The summed E-state index contributed by atoms with van der Waals surface area (Å²) in [5.74, 6) is 2.24. The van der Waals surface area contributed by atoms with Crippen molar-refractivity contribution >= 4 is 5.82 Å². The van der Waals surface area contributed by atoms with Crippen LogP contribution >= 0.6 is 0 Å². The molecule has 3 aliphatic rings. The van der Waals surface area contributed by atoms with Crippen molar-refractivity contribution in [1.82, 2.24) is 24.9 Å². The number of aromatic amines is 1. The van der Waals surface area contributed by atoms with Gasteiger partial charge in [0.1, 0.15) is 18.0 Å². The maximum Gasteiger partial charge on any atom is 0.254 e. The predicted molar refractivity (Wildman–Crippen MR) is 114 cm³/mol. The Bertz CT molecular complexity index is 1160. The van der Waals surface area contributed by atoms with Gasteiger partial charge in [-0.05, 0) is 50.7 Å². The van der Waals surface area contributed by atoms with E-state index in [0.717, 1.165) is 61.4 Å². The second-order valence-corrected chi connectivity index (χ2v) is 8.86. The van der Waals surface area contributed by atoms with E-state index in [1.54, 1.807) is 18.7 Å². The molecule has 0 radical (unpaired) electrons. The molecule has 0 aromatic carbocycles. The summed E-state index contributed by atoms with van der Waals surface area (Å²) in [6.45, 7) is 1.83. The minimum Gasteiger partial charge on any atom is -0.356 e. The highest BCUT2D eigenvalue weighted by Gasteiger charge is 2.45. The summed E-state index contributed by atoms with van der Waals surface area (Å²) in [4.78, 5) is 36.4. The van der Waals surface area contributed by atoms with Gasteiger partial charge in [0.2, 0.25) is 0 Å². The zero-order valence-corrected chi connectivity index (χ0v) is 16.8. The minimum absolute atomic E-state index is 0.00842. The Balaban J connectivity index is 1.38. The summed E-state index contributed by atoms with van der Waals surface area (Å²) in [7, 11) is 0. The molecular weight excluding hydrogens is 376 g/mol. The van der Waals surface area contributed by atoms with Crippen LogP contribution in [0.15, 0.2) is 41.7 Å². The van der Waals surface area contributed by atoms with Gasteiger partial charge in [-0.1, -0.05) is 0 Å². The van der Waals surface area contributed by atoms with Crippen molar-refractivity contribution in [3.8, 4) is 11.4 Å². The third-order valence-corrected chi connectivity index (χ3v) is 6.88. The lowest BCUT2D eigenvalue weighted by molar-refractivity contribution is 0.333. The Morgan fingerprint density at radius 2 is 2.13 bits per heavy atom. The first-order chi connectivity index (χ1) is 14.7. The van der Waals surface area contributed by atoms with Crippen molar-refractivity contribution in [2.45, 2.75) is 49.9 Å². The van der Waals surface area contributed by atoms with Crippen molar-refractivity contribution in [2.75, 3.05) is 18.0 Å². The Hall–Kier alpha value is -3.09. The summed E-state index contributed by atoms with van der Waals surface area (Å²) >= 11 is 0. The first-order valence-corrected chi connectivity index (χ1v) is 10.8. The lowest BCUT2D eigenvalue weighted by Gasteiger charge is -2.41. The normalized spacial score (nSPS) is 23.0. The molecule has 1 aliphatic heterocycles. The summed E-state index contributed by atoms with van der Waals surface area (Å²) in [6.07, 6.45) is 11.5. The van der Waals surface area contributed by atoms with Gasteiger partial charge in [0.15, 0.2) is 0 Å². The highest BCUT2D eigenvalue weighted by molar-refractivity contribution is 5.55. The smallest absolute Gasteiger partial charge is 0.254 e. The third-order valence-electron chi connectivity index (χ3n) is 6.88. The summed E-state index contributed by atoms with van der Waals surface area (Å²) < 4.78 is 0. The molecule has 152 valence electrons. The average Bonchev–Trinajstić information content (AvgIpc) is 3.59. The number of piperidine rings is 1. The van der Waals surface area contributed by atoms with Crippen LogP contribution in [0.5, 0.6) is 0 Å². The van der Waals surface area contributed by atoms with Crippen molar-refractivity contribution in [1.29, 1.82) is 0 Å². The number of hydrogen-bond donors (Lipinski definition) is 1. The molecule has 1 N–H and O–H groups in total. The fraction of sp³-hybridized carbons (Fsp3) is 0.435. The quantitative estimate of drug-likeness (QED) is 0.727. The zero-order valence-electron chi connectivity index (χ0n) is 16.8. The number of anilines is 1. The minimum atomic E-state index is -0.0938. The number of rotatable bonds is 3. The second-order valence-electron chi connectivity index (χ2n) is 8.86. The lowest BCUT2D eigenvalue weighted by Crippen LogP contribution is -2.46. The summed E-state index contributed by atoms with van der Waals surface area (Å²) in [5.41, 5.74) is 3.74. The van der Waals surface area contributed by atoms with Crippen molar-refractivity contribution in [2.24, 2.45) is 0 Å². The molecule has 30 heavy (non-hydrogen) atoms. The van der Waals surface area contributed by atoms with Gasteiger partial charge < -0.3 is 9.88 Å². The molecule has 2 aliphatic carbocycles. The van der Waals surface area contributed by atoms with Gasteiger partial charge >= 0.3 is 0 Å². The molecule has 6 rings (SSSR count). The first-order valence-electron chi connectivity index (χ1n) is 10.8. The summed E-state index contributed by atoms with van der Waals surface area (Å²) in [6, 6.07) is 5.97. The molecule has 0 amide bonds. The van der Waals surface area contributed by atoms with Gasteiger partial charge in [0.05, 0.1) is 5.69 Å². The standard InChI is InChI=1S/C23H24N6O/c30-22-17-6-8-23(20(17)27-21(28-22)16-3-1-9-24-12-16)7-2-10-29(13-23)19-11-18(15-4-5-15)25-14-26-19/h1,3,9,11-12,14-15H,2,4-8,10,13H2,(H,27,28,30). The van der Waals surface area contributed by atoms with E-state index in [9.17, 15) is 4.79 Å². The Morgan fingerprint density at radius 3 is 2.97 bits per heavy atom. The fourth-order valence-corrected chi connectivity index (χ4v) is 5.15. The van der Waals surface area contributed by atoms with Gasteiger partial charge in [-0.3, -0.25) is 9.78 Å². The van der Waals surface area contributed by atoms with E-state index in [-0.39, 0.29) is 11.0 Å². The summed E-state index contributed by atoms with van der Waals surface area (Å²) in [5, 5.41) is 0. The molecule has 7 nitrogen and oxygen atoms in total. The van der Waals surface area contributed by atoms with Gasteiger partial charge in [-0.25, -0.2) is 15.0 Å². The number of fused-ring (bicyclic) bond motifs is 2. The maximum absolute atomic E-state index is 12.9. The zero-order chi connectivity index (χ0) is 20.1. The van der Waals surface area contributed by atoms with Crippen LogP contribution in [0.2, 0.25) is 0 Å². The Labute approximate surface area is 174 Å². The number of pyridine rings is 1. The highest BCUT2D eigenvalue weighted by Crippen LogP contribution is 2.45. The highest BCUT2D eigenvalue weighted by atomic mass is 16.1. The number of H-pyrrole nitrogens is 1. The topological polar surface area (TPSA) is 87.7 Å². The van der Waals surface area contributed by atoms with E-state index in [0.29, 0.717) is 11.7 Å². The molecular formula is C23H24N6O. The average molecular weight is 400 g/mol. The van der Waals surface area contributed by atoms with Crippen molar-refractivity contribution in [3.63, 3.8) is 0 Å². The van der Waals surface area contributed by atoms with E-state index < -0.39 is 0 Å². The van der Waals surface area contributed by atoms with Crippen LogP contribution in [0.25, 0.3) is 11.4 Å². The Morgan fingerprint density at radius 1 is 1.20 bits per heavy atom. The van der Waals surface area contributed by atoms with E-state index in [4.69, 9.17) is 4.98 Å². The molecule has 1 atom stereocenters. The van der Waals surface area contributed by atoms with Crippen LogP contribution in [0.3, 0.4) is 0 Å². The number of nitrogens with zero attached hydrogens (tertiary/aromatic N) is 5. The SMILES string of the molecule is O=c1[nH]c(-c2cccnc2)nc2c1CCC21CCCN(c2cc(C3CC3)ncn2)C1. The maximum atomic E-state index is 12.9. The predicted octanol–water partition coefficient (Wildman–Crippen LogP) is 2.98. The van der Waals surface area contributed by atoms with Gasteiger partial charge in [-0.2, -0.15) is 0 Å². The largest absolute Gasteiger partial charge is 0.356 e. The lowest BCUT2D eigenvalue weighted by atomic mass is 9.77. The monoisotopic (exact) mass is 400 g/mol. The molecule has 3 aromatic rings. The van der Waals surface area contributed by atoms with E-state index in [2.05, 4.69) is 30.9 Å². The van der Waals surface area contributed by atoms with Gasteiger partial charge in [-0.15, -0.1) is 0 Å². The van der Waals surface area contributed by atoms with E-state index in [1.807, 2.05) is 12.1 Å². The van der Waals surface area contributed by atoms with Crippen LogP contribution in [-0.2, 0) is 11.8 Å². The number of aromatic nitrogens is 5. The van der Waals surface area contributed by atoms with Crippen LogP contribution in [0, 0.1) is 0 Å². The van der Waals surface area contributed by atoms with Crippen molar-refractivity contribution in [3.05, 3.63) is 64.2 Å². The fourth-order valence-electron chi connectivity index (χ4n) is 5.15. The molecule has 2 fully saturated rings. The van der Waals surface area contributed by atoms with Gasteiger partial charge in [0, 0.05) is 59.7 Å². The number of nitrogens with one attached hydrogen (secondary N) is 1. The van der Waals surface area contributed by atoms with Crippen LogP contribution < -0.4 is 10.5 Å². The van der Waals surface area contributed by atoms with Crippen LogP contribution in [0.4, 0.5) is 5.82 Å². The first kappa shape index (κ1) is 17.7. The van der Waals surface area contributed by atoms with E-state index >= 15 is 0 Å². The second kappa shape index (κ2) is 6.72. The molecule has 4 heterocycles.